The van der Waals surface area contributed by atoms with Crippen molar-refractivity contribution in [3.8, 4) is 0 Å². The Kier molecular flexibility index (Phi) is 4.98. The smallest absolute Gasteiger partial charge is 0.293 e. The first-order valence-electron chi connectivity index (χ1n) is 8.77. The molecule has 0 aromatic heterocycles. The van der Waals surface area contributed by atoms with Gasteiger partial charge in [-0.15, -0.1) is 0 Å². The minimum atomic E-state index is -3.84. The summed E-state index contributed by atoms with van der Waals surface area (Å²) in [5.74, 6) is 0.518. The lowest BCUT2D eigenvalue weighted by atomic mass is 10.1. The van der Waals surface area contributed by atoms with Gasteiger partial charge in [0, 0.05) is 18.2 Å². The zero-order valence-electron chi connectivity index (χ0n) is 15.2. The van der Waals surface area contributed by atoms with Gasteiger partial charge in [0.2, 0.25) is 10.0 Å². The lowest BCUT2D eigenvalue weighted by Gasteiger charge is -2.22. The second-order valence-electron chi connectivity index (χ2n) is 8.00. The van der Waals surface area contributed by atoms with Crippen molar-refractivity contribution in [1.82, 2.24) is 4.72 Å². The maximum atomic E-state index is 12.5. The number of hydrogen-bond acceptors (Lipinski definition) is 6. The molecule has 26 heavy (non-hydrogen) atoms. The van der Waals surface area contributed by atoms with Crippen molar-refractivity contribution in [2.75, 3.05) is 11.9 Å². The Morgan fingerprint density at radius 3 is 2.50 bits per heavy atom. The summed E-state index contributed by atoms with van der Waals surface area (Å²) < 4.78 is 33.2. The van der Waals surface area contributed by atoms with Crippen LogP contribution in [0.3, 0.4) is 0 Å². The van der Waals surface area contributed by atoms with E-state index in [4.69, 9.17) is 4.74 Å². The van der Waals surface area contributed by atoms with E-state index in [1.165, 1.54) is 12.1 Å². The van der Waals surface area contributed by atoms with Crippen molar-refractivity contribution in [3.63, 3.8) is 0 Å². The van der Waals surface area contributed by atoms with Crippen LogP contribution in [0, 0.1) is 16.0 Å². The number of nitrogens with zero attached hydrogens (tertiary/aromatic N) is 1. The summed E-state index contributed by atoms with van der Waals surface area (Å²) in [7, 11) is -3.84. The molecule has 2 fully saturated rings. The molecular weight excluding hydrogens is 358 g/mol. The minimum absolute atomic E-state index is 0.0105. The normalized spacial score (nSPS) is 23.8. The largest absolute Gasteiger partial charge is 0.376 e. The molecule has 2 N–H and O–H groups in total. The predicted octanol–water partition coefficient (Wildman–Crippen LogP) is 2.65. The quantitative estimate of drug-likeness (QED) is 0.577. The molecule has 0 spiro atoms. The third-order valence-corrected chi connectivity index (χ3v) is 6.24. The van der Waals surface area contributed by atoms with Gasteiger partial charge in [0.05, 0.1) is 22.0 Å². The topological polar surface area (TPSA) is 111 Å². The highest BCUT2D eigenvalue weighted by molar-refractivity contribution is 7.89. The van der Waals surface area contributed by atoms with E-state index in [2.05, 4.69) is 10.0 Å². The molecule has 0 bridgehead atoms. The average Bonchev–Trinajstić information content (AvgIpc) is 3.25. The first-order chi connectivity index (χ1) is 12.1. The van der Waals surface area contributed by atoms with Crippen LogP contribution < -0.4 is 10.0 Å². The Hall–Kier alpha value is -1.71. The summed E-state index contributed by atoms with van der Waals surface area (Å²) in [6.45, 7) is 5.78. The fourth-order valence-electron chi connectivity index (χ4n) is 3.27. The molecule has 0 unspecified atom stereocenters. The summed E-state index contributed by atoms with van der Waals surface area (Å²) in [5.41, 5.74) is -0.600. The second kappa shape index (κ2) is 6.79. The summed E-state index contributed by atoms with van der Waals surface area (Å²) in [6.07, 6.45) is 3.10. The highest BCUT2D eigenvalue weighted by Crippen LogP contribution is 2.40. The van der Waals surface area contributed by atoms with E-state index in [-0.39, 0.29) is 22.7 Å². The molecule has 8 nitrogen and oxygen atoms in total. The van der Waals surface area contributed by atoms with Gasteiger partial charge < -0.3 is 10.1 Å². The number of nitrogens with one attached hydrogen (secondary N) is 2. The first-order valence-corrected chi connectivity index (χ1v) is 10.3. The molecule has 0 radical (unpaired) electrons. The molecule has 1 aromatic carbocycles. The van der Waals surface area contributed by atoms with Crippen LogP contribution in [0.5, 0.6) is 0 Å². The third kappa shape index (κ3) is 4.33. The number of rotatable bonds is 6. The zero-order valence-corrected chi connectivity index (χ0v) is 16.0. The molecule has 1 heterocycles. The Labute approximate surface area is 153 Å². The van der Waals surface area contributed by atoms with E-state index in [1.807, 2.05) is 0 Å². The fraction of sp³-hybridized carbons (Fsp3) is 0.647. The van der Waals surface area contributed by atoms with E-state index in [1.54, 1.807) is 20.8 Å². The molecule has 1 aliphatic carbocycles. The molecule has 2 atom stereocenters. The number of anilines is 1. The molecule has 3 rings (SSSR count). The monoisotopic (exact) mass is 383 g/mol. The molecule has 9 heteroatoms. The lowest BCUT2D eigenvalue weighted by Crippen LogP contribution is -2.40. The van der Waals surface area contributed by atoms with Crippen molar-refractivity contribution in [3.05, 3.63) is 28.3 Å². The van der Waals surface area contributed by atoms with E-state index in [0.717, 1.165) is 25.3 Å². The van der Waals surface area contributed by atoms with Crippen LogP contribution in [0.2, 0.25) is 0 Å². The molecule has 2 aliphatic rings. The zero-order chi connectivity index (χ0) is 19.1. The Balaban J connectivity index is 1.86. The van der Waals surface area contributed by atoms with Gasteiger partial charge in [0.1, 0.15) is 5.69 Å². The SMILES string of the molecule is CC(C)(C)NS(=O)(=O)c1ccc(N[C@@H]2CCO[C@H]2C2CC2)c([N+](=O)[O-])c1. The Morgan fingerprint density at radius 2 is 1.92 bits per heavy atom. The third-order valence-electron chi connectivity index (χ3n) is 4.48. The summed E-state index contributed by atoms with van der Waals surface area (Å²) in [5, 5.41) is 14.7. The number of nitro benzene ring substituents is 1. The highest BCUT2D eigenvalue weighted by Gasteiger charge is 2.41. The van der Waals surface area contributed by atoms with Gasteiger partial charge >= 0.3 is 0 Å². The molecule has 1 aliphatic heterocycles. The van der Waals surface area contributed by atoms with Gasteiger partial charge in [0.15, 0.2) is 0 Å². The van der Waals surface area contributed by atoms with Crippen molar-refractivity contribution in [2.45, 2.75) is 62.6 Å². The molecule has 1 saturated heterocycles. The number of sulfonamides is 1. The van der Waals surface area contributed by atoms with Gasteiger partial charge in [-0.3, -0.25) is 10.1 Å². The van der Waals surface area contributed by atoms with Crippen LogP contribution in [0.15, 0.2) is 23.1 Å². The first kappa shape index (κ1) is 19.1. The van der Waals surface area contributed by atoms with E-state index >= 15 is 0 Å². The molecule has 0 amide bonds. The van der Waals surface area contributed by atoms with Crippen molar-refractivity contribution < 1.29 is 18.1 Å². The van der Waals surface area contributed by atoms with Crippen LogP contribution in [0.1, 0.15) is 40.0 Å². The standard InChI is InChI=1S/C17H25N3O5S/c1-17(2,3)19-26(23,24)12-6-7-13(15(10-12)20(21)22)18-14-8-9-25-16(14)11-4-5-11/h6-7,10-11,14,16,18-19H,4-5,8-9H2,1-3H3/t14-,16+/m1/s1. The number of nitro groups is 1. The second-order valence-corrected chi connectivity index (χ2v) is 9.69. The predicted molar refractivity (Wildman–Crippen MR) is 97.7 cm³/mol. The van der Waals surface area contributed by atoms with E-state index in [9.17, 15) is 18.5 Å². The van der Waals surface area contributed by atoms with Crippen LogP contribution in [0.25, 0.3) is 0 Å². The number of hydrogen-bond donors (Lipinski definition) is 2. The van der Waals surface area contributed by atoms with E-state index < -0.39 is 20.5 Å². The van der Waals surface area contributed by atoms with Gasteiger partial charge in [0.25, 0.3) is 5.69 Å². The van der Waals surface area contributed by atoms with Crippen LogP contribution in [-0.4, -0.2) is 37.6 Å². The van der Waals surface area contributed by atoms with Gasteiger partial charge in [-0.05, 0) is 58.1 Å². The Morgan fingerprint density at radius 1 is 1.23 bits per heavy atom. The summed E-state index contributed by atoms with van der Waals surface area (Å²) in [4.78, 5) is 10.8. The molecule has 144 valence electrons. The van der Waals surface area contributed by atoms with Crippen molar-refractivity contribution in [1.29, 1.82) is 0 Å². The van der Waals surface area contributed by atoms with Crippen LogP contribution in [-0.2, 0) is 14.8 Å². The highest BCUT2D eigenvalue weighted by atomic mass is 32.2. The molecule has 1 aromatic rings. The summed E-state index contributed by atoms with van der Waals surface area (Å²) in [6, 6.07) is 3.98. The maximum Gasteiger partial charge on any atom is 0.293 e. The molecular formula is C17H25N3O5S. The van der Waals surface area contributed by atoms with Crippen molar-refractivity contribution >= 4 is 21.4 Å². The molecule has 1 saturated carbocycles. The Bertz CT molecular complexity index is 799. The average molecular weight is 383 g/mol. The fourth-order valence-corrected chi connectivity index (χ4v) is 4.71. The van der Waals surface area contributed by atoms with E-state index in [0.29, 0.717) is 18.2 Å². The maximum absolute atomic E-state index is 12.5. The van der Waals surface area contributed by atoms with Gasteiger partial charge in [-0.25, -0.2) is 13.1 Å². The minimum Gasteiger partial charge on any atom is -0.376 e. The van der Waals surface area contributed by atoms with Crippen LogP contribution in [0.4, 0.5) is 11.4 Å². The van der Waals surface area contributed by atoms with Gasteiger partial charge in [-0.2, -0.15) is 0 Å². The van der Waals surface area contributed by atoms with Crippen molar-refractivity contribution in [2.24, 2.45) is 5.92 Å². The number of ether oxygens (including phenoxy) is 1. The lowest BCUT2D eigenvalue weighted by molar-refractivity contribution is -0.384. The summed E-state index contributed by atoms with van der Waals surface area (Å²) >= 11 is 0. The van der Waals surface area contributed by atoms with Crippen LogP contribution >= 0.6 is 0 Å². The number of benzene rings is 1. The van der Waals surface area contributed by atoms with Gasteiger partial charge in [-0.1, -0.05) is 0 Å².